The normalized spacial score (nSPS) is 10.8. The van der Waals surface area contributed by atoms with Gasteiger partial charge in [-0.05, 0) is 18.2 Å². The molecule has 0 bridgehead atoms. The number of benzene rings is 1. The van der Waals surface area contributed by atoms with Crippen molar-refractivity contribution in [2.75, 3.05) is 12.3 Å². The maximum absolute atomic E-state index is 11.9. The summed E-state index contributed by atoms with van der Waals surface area (Å²) in [5, 5.41) is 8.94. The summed E-state index contributed by atoms with van der Waals surface area (Å²) in [7, 11) is -3.91. The lowest BCUT2D eigenvalue weighted by atomic mass is 10.2. The molecule has 0 aliphatic rings. The maximum Gasteiger partial charge on any atom is 0.337 e. The van der Waals surface area contributed by atoms with Crippen molar-refractivity contribution in [3.63, 3.8) is 0 Å². The van der Waals surface area contributed by atoms with Crippen LogP contribution in [0, 0.1) is 12.3 Å². The molecule has 0 amide bonds. The van der Waals surface area contributed by atoms with E-state index in [-0.39, 0.29) is 29.1 Å². The fourth-order valence-electron chi connectivity index (χ4n) is 1.28. The average molecular weight is 268 g/mol. The first kappa shape index (κ1) is 14.0. The topological polar surface area (TPSA) is 109 Å². The number of carboxylic acid groups (broad SMARTS) is 1. The van der Waals surface area contributed by atoms with Gasteiger partial charge in [-0.2, -0.15) is 0 Å². The Bertz CT molecular complexity index is 602. The highest BCUT2D eigenvalue weighted by atomic mass is 32.2. The van der Waals surface area contributed by atoms with Crippen molar-refractivity contribution < 1.29 is 18.3 Å². The molecule has 0 heterocycles. The highest BCUT2D eigenvalue weighted by Gasteiger charge is 2.21. The molecule has 0 aromatic heterocycles. The van der Waals surface area contributed by atoms with Crippen LogP contribution in [0.2, 0.25) is 0 Å². The molecule has 1 rings (SSSR count). The van der Waals surface area contributed by atoms with Gasteiger partial charge in [0.25, 0.3) is 0 Å². The molecule has 1 aromatic carbocycles. The van der Waals surface area contributed by atoms with Gasteiger partial charge >= 0.3 is 5.97 Å². The predicted molar refractivity (Wildman–Crippen MR) is 66.5 cm³/mol. The highest BCUT2D eigenvalue weighted by Crippen LogP contribution is 2.18. The third-order valence-corrected chi connectivity index (χ3v) is 3.60. The Morgan fingerprint density at radius 3 is 2.72 bits per heavy atom. The molecule has 0 aliphatic heterocycles. The van der Waals surface area contributed by atoms with Crippen LogP contribution in [0.25, 0.3) is 0 Å². The van der Waals surface area contributed by atoms with E-state index in [1.807, 2.05) is 0 Å². The van der Waals surface area contributed by atoms with E-state index in [9.17, 15) is 13.2 Å². The minimum atomic E-state index is -3.91. The number of anilines is 1. The second-order valence-corrected chi connectivity index (χ2v) is 5.15. The number of hydrogen-bond acceptors (Lipinski definition) is 4. The van der Waals surface area contributed by atoms with Crippen LogP contribution in [0.5, 0.6) is 0 Å². The molecule has 18 heavy (non-hydrogen) atoms. The Hall–Kier alpha value is -2.04. The van der Waals surface area contributed by atoms with Crippen molar-refractivity contribution in [1.82, 2.24) is 4.72 Å². The van der Waals surface area contributed by atoms with E-state index in [0.29, 0.717) is 0 Å². The van der Waals surface area contributed by atoms with Gasteiger partial charge in [-0.3, -0.25) is 0 Å². The molecule has 0 radical (unpaired) electrons. The van der Waals surface area contributed by atoms with E-state index in [1.54, 1.807) is 0 Å². The lowest BCUT2D eigenvalue weighted by Gasteiger charge is -2.09. The smallest absolute Gasteiger partial charge is 0.337 e. The summed E-state index contributed by atoms with van der Waals surface area (Å²) in [6.07, 6.45) is 5.22. The second kappa shape index (κ2) is 5.53. The van der Waals surface area contributed by atoms with Gasteiger partial charge < -0.3 is 10.8 Å². The number of hydrogen-bond donors (Lipinski definition) is 3. The van der Waals surface area contributed by atoms with Gasteiger partial charge in [0.05, 0.1) is 10.5 Å². The van der Waals surface area contributed by atoms with Crippen molar-refractivity contribution in [3.8, 4) is 12.3 Å². The van der Waals surface area contributed by atoms with E-state index >= 15 is 0 Å². The summed E-state index contributed by atoms with van der Waals surface area (Å²) < 4.78 is 25.9. The van der Waals surface area contributed by atoms with Crippen LogP contribution in [-0.2, 0) is 10.0 Å². The van der Waals surface area contributed by atoms with Crippen molar-refractivity contribution in [2.45, 2.75) is 11.3 Å². The minimum Gasteiger partial charge on any atom is -0.478 e. The van der Waals surface area contributed by atoms with E-state index in [1.165, 1.54) is 6.07 Å². The lowest BCUT2D eigenvalue weighted by Crippen LogP contribution is -2.26. The zero-order chi connectivity index (χ0) is 13.8. The van der Waals surface area contributed by atoms with Crippen LogP contribution in [0.4, 0.5) is 5.69 Å². The largest absolute Gasteiger partial charge is 0.478 e. The fourth-order valence-corrected chi connectivity index (χ4v) is 2.49. The zero-order valence-corrected chi connectivity index (χ0v) is 10.2. The molecule has 0 saturated heterocycles. The second-order valence-electron chi connectivity index (χ2n) is 3.41. The number of rotatable bonds is 5. The quantitative estimate of drug-likeness (QED) is 0.403. The summed E-state index contributed by atoms with van der Waals surface area (Å²) in [4.78, 5) is 10.6. The molecule has 1 aromatic rings. The van der Waals surface area contributed by atoms with E-state index in [0.717, 1.165) is 12.1 Å². The minimum absolute atomic E-state index is 0.0439. The monoisotopic (exact) mass is 268 g/mol. The Balaban J connectivity index is 3.16. The first-order chi connectivity index (χ1) is 8.38. The SMILES string of the molecule is C#CCCNS(=O)(=O)c1ccc(N)cc1C(=O)O. The number of nitrogens with two attached hydrogens (primary N) is 1. The van der Waals surface area contributed by atoms with Crippen molar-refractivity contribution in [1.29, 1.82) is 0 Å². The molecule has 0 aliphatic carbocycles. The molecule has 0 spiro atoms. The van der Waals surface area contributed by atoms with Crippen molar-refractivity contribution >= 4 is 21.7 Å². The molecule has 0 saturated carbocycles. The van der Waals surface area contributed by atoms with Crippen LogP contribution in [0.3, 0.4) is 0 Å². The highest BCUT2D eigenvalue weighted by molar-refractivity contribution is 7.89. The molecule has 7 heteroatoms. The van der Waals surface area contributed by atoms with Crippen LogP contribution in [-0.4, -0.2) is 26.0 Å². The summed E-state index contributed by atoms with van der Waals surface area (Å²) >= 11 is 0. The fraction of sp³-hybridized carbons (Fsp3) is 0.182. The standard InChI is InChI=1S/C11H12N2O4S/c1-2-3-6-13-18(16,17)10-5-4-8(12)7-9(10)11(14)15/h1,4-5,7,13H,3,6,12H2,(H,14,15). The number of nitrogens with one attached hydrogen (secondary N) is 1. The lowest BCUT2D eigenvalue weighted by molar-refractivity contribution is 0.0692. The molecule has 4 N–H and O–H groups in total. The van der Waals surface area contributed by atoms with Gasteiger partial charge in [-0.25, -0.2) is 17.9 Å². The van der Waals surface area contributed by atoms with Gasteiger partial charge in [0.1, 0.15) is 0 Å². The average Bonchev–Trinajstić information content (AvgIpc) is 2.28. The van der Waals surface area contributed by atoms with Gasteiger partial charge in [0.15, 0.2) is 0 Å². The number of aromatic carboxylic acids is 1. The van der Waals surface area contributed by atoms with Gasteiger partial charge in [-0.15, -0.1) is 12.3 Å². The Morgan fingerprint density at radius 1 is 1.50 bits per heavy atom. The molecule has 0 fully saturated rings. The summed E-state index contributed by atoms with van der Waals surface area (Å²) in [6.45, 7) is 0.0439. The summed E-state index contributed by atoms with van der Waals surface area (Å²) in [5.41, 5.74) is 5.23. The number of nitrogen functional groups attached to an aromatic ring is 1. The van der Waals surface area contributed by atoms with Crippen LogP contribution in [0.1, 0.15) is 16.8 Å². The van der Waals surface area contributed by atoms with Crippen molar-refractivity contribution in [2.24, 2.45) is 0 Å². The predicted octanol–water partition coefficient (Wildman–Crippen LogP) is 0.269. The van der Waals surface area contributed by atoms with Crippen LogP contribution >= 0.6 is 0 Å². The third kappa shape index (κ3) is 3.23. The molecule has 96 valence electrons. The number of carboxylic acids is 1. The molecule has 0 atom stereocenters. The Morgan fingerprint density at radius 2 is 2.17 bits per heavy atom. The number of terminal acetylenes is 1. The molecular formula is C11H12N2O4S. The van der Waals surface area contributed by atoms with Crippen molar-refractivity contribution in [3.05, 3.63) is 23.8 Å². The number of sulfonamides is 1. The van der Waals surface area contributed by atoms with Crippen LogP contribution < -0.4 is 10.5 Å². The summed E-state index contributed by atoms with van der Waals surface area (Å²) in [6, 6.07) is 3.57. The van der Waals surface area contributed by atoms with E-state index in [4.69, 9.17) is 17.3 Å². The molecule has 6 nitrogen and oxygen atoms in total. The maximum atomic E-state index is 11.9. The molecule has 0 unspecified atom stereocenters. The van der Waals surface area contributed by atoms with E-state index in [2.05, 4.69) is 10.6 Å². The van der Waals surface area contributed by atoms with E-state index < -0.39 is 16.0 Å². The molecular weight excluding hydrogens is 256 g/mol. The Kier molecular flexibility index (Phi) is 4.31. The first-order valence-electron chi connectivity index (χ1n) is 4.94. The third-order valence-electron chi connectivity index (χ3n) is 2.08. The zero-order valence-electron chi connectivity index (χ0n) is 9.38. The number of carbonyl (C=O) groups is 1. The van der Waals surface area contributed by atoms with Gasteiger partial charge in [-0.1, -0.05) is 0 Å². The van der Waals surface area contributed by atoms with Crippen LogP contribution in [0.15, 0.2) is 23.1 Å². The van der Waals surface area contributed by atoms with Gasteiger partial charge in [0, 0.05) is 18.7 Å². The Labute approximate surface area is 105 Å². The first-order valence-corrected chi connectivity index (χ1v) is 6.42. The summed E-state index contributed by atoms with van der Waals surface area (Å²) in [5.74, 6) is 0.914. The van der Waals surface area contributed by atoms with Gasteiger partial charge in [0.2, 0.25) is 10.0 Å².